The van der Waals surface area contributed by atoms with E-state index in [4.69, 9.17) is 9.47 Å². The van der Waals surface area contributed by atoms with E-state index < -0.39 is 48.3 Å². The number of hydrogen-bond acceptors (Lipinski definition) is 7. The van der Waals surface area contributed by atoms with Gasteiger partial charge in [0.1, 0.15) is 30.5 Å². The molecule has 0 fully saturated rings. The van der Waals surface area contributed by atoms with Crippen LogP contribution in [0, 0.1) is 0 Å². The molecule has 0 saturated carbocycles. The van der Waals surface area contributed by atoms with Gasteiger partial charge in [0.25, 0.3) is 0 Å². The Morgan fingerprint density at radius 1 is 1.07 bits per heavy atom. The Morgan fingerprint density at radius 2 is 1.70 bits per heavy atom. The summed E-state index contributed by atoms with van der Waals surface area (Å²) in [4.78, 5) is 47.4. The van der Waals surface area contributed by atoms with Gasteiger partial charge in [0.2, 0.25) is 0 Å². The standard InChI is InChI=1S/C19H25NO7/c1-19(2,3)27-18(24)20-15(17(23)25-4)10-14(21)11-16(22)26-12-13-8-6-5-7-9-13/h5-9,15H,10-12H2,1-4H3,(H,20,24)/t15-/m0/s1. The summed E-state index contributed by atoms with van der Waals surface area (Å²) in [5, 5.41) is 2.28. The highest BCUT2D eigenvalue weighted by Crippen LogP contribution is 2.09. The van der Waals surface area contributed by atoms with Gasteiger partial charge in [0.05, 0.1) is 7.11 Å². The van der Waals surface area contributed by atoms with Gasteiger partial charge < -0.3 is 19.5 Å². The fourth-order valence-electron chi connectivity index (χ4n) is 2.04. The van der Waals surface area contributed by atoms with Gasteiger partial charge in [0, 0.05) is 6.42 Å². The molecular weight excluding hydrogens is 354 g/mol. The molecule has 1 atom stereocenters. The molecule has 0 spiro atoms. The van der Waals surface area contributed by atoms with Crippen molar-refractivity contribution < 1.29 is 33.4 Å². The van der Waals surface area contributed by atoms with Crippen LogP contribution in [0.1, 0.15) is 39.2 Å². The second-order valence-electron chi connectivity index (χ2n) is 6.79. The van der Waals surface area contributed by atoms with Crippen molar-refractivity contribution in [2.75, 3.05) is 7.11 Å². The Morgan fingerprint density at radius 3 is 2.26 bits per heavy atom. The summed E-state index contributed by atoms with van der Waals surface area (Å²) in [5.41, 5.74) is 0.0213. The topological polar surface area (TPSA) is 108 Å². The van der Waals surface area contributed by atoms with Crippen LogP contribution >= 0.6 is 0 Å². The van der Waals surface area contributed by atoms with Crippen LogP contribution in [0.2, 0.25) is 0 Å². The number of rotatable bonds is 8. The van der Waals surface area contributed by atoms with Gasteiger partial charge in [-0.05, 0) is 26.3 Å². The van der Waals surface area contributed by atoms with E-state index in [1.165, 1.54) is 0 Å². The lowest BCUT2D eigenvalue weighted by atomic mass is 10.1. The van der Waals surface area contributed by atoms with E-state index >= 15 is 0 Å². The molecule has 1 rings (SSSR count). The molecular formula is C19H25NO7. The Labute approximate surface area is 158 Å². The molecule has 1 aromatic rings. The minimum Gasteiger partial charge on any atom is -0.467 e. The fraction of sp³-hybridized carbons (Fsp3) is 0.474. The van der Waals surface area contributed by atoms with Crippen LogP contribution in [0.3, 0.4) is 0 Å². The Balaban J connectivity index is 2.53. The van der Waals surface area contributed by atoms with E-state index in [1.54, 1.807) is 45.0 Å². The number of alkyl carbamates (subject to hydrolysis) is 1. The summed E-state index contributed by atoms with van der Waals surface area (Å²) in [6.45, 7) is 5.03. The monoisotopic (exact) mass is 379 g/mol. The van der Waals surface area contributed by atoms with Gasteiger partial charge in [-0.2, -0.15) is 0 Å². The van der Waals surface area contributed by atoms with Crippen LogP contribution in [0.15, 0.2) is 30.3 Å². The molecule has 8 nitrogen and oxygen atoms in total. The van der Waals surface area contributed by atoms with Crippen LogP contribution in [0.4, 0.5) is 4.79 Å². The molecule has 1 amide bonds. The predicted molar refractivity (Wildman–Crippen MR) is 95.7 cm³/mol. The number of carbonyl (C=O) groups is 4. The van der Waals surface area contributed by atoms with E-state index in [0.717, 1.165) is 12.7 Å². The third-order valence-corrected chi connectivity index (χ3v) is 3.19. The molecule has 0 saturated heterocycles. The number of esters is 2. The maximum atomic E-state index is 12.1. The average Bonchev–Trinajstić information content (AvgIpc) is 2.57. The van der Waals surface area contributed by atoms with Crippen molar-refractivity contribution >= 4 is 23.8 Å². The normalized spacial score (nSPS) is 11.9. The van der Waals surface area contributed by atoms with Crippen molar-refractivity contribution in [2.45, 2.75) is 51.9 Å². The molecule has 0 radical (unpaired) electrons. The number of methoxy groups -OCH3 is 1. The quantitative estimate of drug-likeness (QED) is 0.419. The summed E-state index contributed by atoms with van der Waals surface area (Å²) in [5.74, 6) is -2.10. The van der Waals surface area contributed by atoms with Crippen molar-refractivity contribution in [3.05, 3.63) is 35.9 Å². The van der Waals surface area contributed by atoms with Gasteiger partial charge in [-0.3, -0.25) is 9.59 Å². The Kier molecular flexibility index (Phi) is 8.44. The molecule has 0 aromatic heterocycles. The van der Waals surface area contributed by atoms with Crippen molar-refractivity contribution in [2.24, 2.45) is 0 Å². The average molecular weight is 379 g/mol. The molecule has 0 unspecified atom stereocenters. The molecule has 0 aliphatic carbocycles. The summed E-state index contributed by atoms with van der Waals surface area (Å²) in [7, 11) is 1.13. The molecule has 148 valence electrons. The molecule has 0 bridgehead atoms. The minimum atomic E-state index is -1.25. The number of carbonyl (C=O) groups excluding carboxylic acids is 4. The summed E-state index contributed by atoms with van der Waals surface area (Å²) >= 11 is 0. The first kappa shape index (κ1) is 22.1. The number of hydrogen-bond donors (Lipinski definition) is 1. The highest BCUT2D eigenvalue weighted by molar-refractivity contribution is 5.98. The lowest BCUT2D eigenvalue weighted by molar-refractivity contribution is -0.149. The summed E-state index contributed by atoms with van der Waals surface area (Å²) in [6, 6.07) is 7.76. The van der Waals surface area contributed by atoms with Gasteiger partial charge in [-0.1, -0.05) is 30.3 Å². The number of amides is 1. The zero-order valence-electron chi connectivity index (χ0n) is 15.9. The maximum absolute atomic E-state index is 12.1. The van der Waals surface area contributed by atoms with Crippen molar-refractivity contribution in [1.29, 1.82) is 0 Å². The molecule has 27 heavy (non-hydrogen) atoms. The van der Waals surface area contributed by atoms with E-state index in [9.17, 15) is 19.2 Å². The fourth-order valence-corrected chi connectivity index (χ4v) is 2.04. The second-order valence-corrected chi connectivity index (χ2v) is 6.79. The summed E-state index contributed by atoms with van der Waals surface area (Å²) in [6.07, 6.45) is -1.79. The van der Waals surface area contributed by atoms with Crippen LogP contribution in [0.25, 0.3) is 0 Å². The first-order valence-corrected chi connectivity index (χ1v) is 8.39. The van der Waals surface area contributed by atoms with Crippen molar-refractivity contribution in [3.63, 3.8) is 0 Å². The highest BCUT2D eigenvalue weighted by Gasteiger charge is 2.28. The largest absolute Gasteiger partial charge is 0.467 e. The van der Waals surface area contributed by atoms with E-state index in [1.807, 2.05) is 6.07 Å². The third-order valence-electron chi connectivity index (χ3n) is 3.19. The van der Waals surface area contributed by atoms with E-state index in [-0.39, 0.29) is 6.61 Å². The van der Waals surface area contributed by atoms with Crippen molar-refractivity contribution in [3.8, 4) is 0 Å². The lowest BCUT2D eigenvalue weighted by Crippen LogP contribution is -2.45. The molecule has 1 aromatic carbocycles. The number of benzene rings is 1. The van der Waals surface area contributed by atoms with Crippen molar-refractivity contribution in [1.82, 2.24) is 5.32 Å². The van der Waals surface area contributed by atoms with E-state index in [0.29, 0.717) is 0 Å². The van der Waals surface area contributed by atoms with Crippen LogP contribution < -0.4 is 5.32 Å². The van der Waals surface area contributed by atoms with Crippen LogP contribution in [0.5, 0.6) is 0 Å². The number of nitrogens with one attached hydrogen (secondary N) is 1. The smallest absolute Gasteiger partial charge is 0.408 e. The predicted octanol–water partition coefficient (Wildman–Crippen LogP) is 2.15. The third kappa shape index (κ3) is 9.39. The van der Waals surface area contributed by atoms with Crippen LogP contribution in [-0.4, -0.2) is 42.6 Å². The van der Waals surface area contributed by atoms with E-state index in [2.05, 4.69) is 10.1 Å². The lowest BCUT2D eigenvalue weighted by Gasteiger charge is -2.22. The number of ether oxygens (including phenoxy) is 3. The first-order chi connectivity index (χ1) is 12.6. The zero-order valence-corrected chi connectivity index (χ0v) is 15.9. The zero-order chi connectivity index (χ0) is 20.4. The Hall–Kier alpha value is -2.90. The second kappa shape index (κ2) is 10.3. The molecule has 1 N–H and O–H groups in total. The highest BCUT2D eigenvalue weighted by atomic mass is 16.6. The number of Topliss-reactive ketones (excluding diaryl/α,β-unsaturated/α-hetero) is 1. The first-order valence-electron chi connectivity index (χ1n) is 8.39. The maximum Gasteiger partial charge on any atom is 0.408 e. The molecule has 0 heterocycles. The molecule has 0 aliphatic rings. The SMILES string of the molecule is COC(=O)[C@H](CC(=O)CC(=O)OCc1ccccc1)NC(=O)OC(C)(C)C. The van der Waals surface area contributed by atoms with Gasteiger partial charge in [0.15, 0.2) is 0 Å². The Bertz CT molecular complexity index is 664. The van der Waals surface area contributed by atoms with Gasteiger partial charge in [-0.15, -0.1) is 0 Å². The summed E-state index contributed by atoms with van der Waals surface area (Å²) < 4.78 is 14.7. The molecule has 0 aliphatic heterocycles. The van der Waals surface area contributed by atoms with Gasteiger partial charge >= 0.3 is 18.0 Å². The van der Waals surface area contributed by atoms with Crippen LogP contribution in [-0.2, 0) is 35.2 Å². The minimum absolute atomic E-state index is 0.0452. The van der Waals surface area contributed by atoms with Gasteiger partial charge in [-0.25, -0.2) is 9.59 Å². The number of ketones is 1. The molecule has 8 heteroatoms.